The number of isothiocyanates is 1. The summed E-state index contributed by atoms with van der Waals surface area (Å²) in [5.74, 6) is -1.77. The van der Waals surface area contributed by atoms with Gasteiger partial charge in [-0.1, -0.05) is 12.1 Å². The first-order chi connectivity index (χ1) is 18.3. The number of nitriles is 1. The first kappa shape index (κ1) is 22.5. The summed E-state index contributed by atoms with van der Waals surface area (Å²) >= 11 is 5.84. The van der Waals surface area contributed by atoms with Crippen molar-refractivity contribution >= 4 is 102 Å². The van der Waals surface area contributed by atoms with E-state index in [2.05, 4.69) is 15.6 Å². The average Bonchev–Trinajstić information content (AvgIpc) is 2.92. The fourth-order valence-corrected chi connectivity index (χ4v) is 6.60. The van der Waals surface area contributed by atoms with Crippen LogP contribution < -0.4 is 0 Å². The molecule has 4 amide bonds. The molecule has 0 aliphatic carbocycles. The minimum atomic E-state index is -0.464. The second-order valence-electron chi connectivity index (χ2n) is 9.17. The van der Waals surface area contributed by atoms with Crippen LogP contribution in [0.25, 0.3) is 43.1 Å². The zero-order valence-electron chi connectivity index (χ0n) is 19.7. The summed E-state index contributed by atoms with van der Waals surface area (Å²) in [5.41, 5.74) is 1.75. The van der Waals surface area contributed by atoms with Gasteiger partial charge in [0.1, 0.15) is 5.40 Å². The number of thiocyanates is 1. The zero-order chi connectivity index (χ0) is 26.6. The molecule has 2 aliphatic heterocycles. The number of amides is 4. The van der Waals surface area contributed by atoms with Crippen LogP contribution in [0.2, 0.25) is 0 Å². The van der Waals surface area contributed by atoms with Gasteiger partial charge in [-0.15, -0.1) is 0 Å². The molecule has 0 bridgehead atoms. The Hall–Kier alpha value is -4.68. The van der Waals surface area contributed by atoms with Gasteiger partial charge in [0, 0.05) is 68.0 Å². The Morgan fingerprint density at radius 2 is 1.21 bits per heavy atom. The lowest BCUT2D eigenvalue weighted by Gasteiger charge is -2.29. The summed E-state index contributed by atoms with van der Waals surface area (Å²) in [5, 5.41) is 19.0. The smallest absolute Gasteiger partial charge is 0.261 e. The van der Waals surface area contributed by atoms with Gasteiger partial charge in [0.15, 0.2) is 0 Å². The molecule has 38 heavy (non-hydrogen) atoms. The molecule has 8 nitrogen and oxygen atoms in total. The van der Waals surface area contributed by atoms with Gasteiger partial charge in [0.25, 0.3) is 23.6 Å². The van der Waals surface area contributed by atoms with Gasteiger partial charge in [-0.25, -0.2) is 0 Å². The summed E-state index contributed by atoms with van der Waals surface area (Å²) in [6.45, 7) is 0. The van der Waals surface area contributed by atoms with Crippen molar-refractivity contribution in [1.29, 1.82) is 5.26 Å². The highest BCUT2D eigenvalue weighted by Crippen LogP contribution is 2.51. The van der Waals surface area contributed by atoms with Gasteiger partial charge in [-0.3, -0.25) is 29.0 Å². The molecule has 0 N–H and O–H groups in total. The van der Waals surface area contributed by atoms with Crippen LogP contribution in [0.15, 0.2) is 46.3 Å². The van der Waals surface area contributed by atoms with E-state index in [1.165, 1.54) is 14.1 Å². The van der Waals surface area contributed by atoms with Crippen LogP contribution in [0.4, 0.5) is 5.69 Å². The number of carbonyl (C=O) groups is 4. The van der Waals surface area contributed by atoms with E-state index in [1.807, 2.05) is 0 Å². The number of fused-ring (bicyclic) bond motifs is 2. The molecule has 0 radical (unpaired) electrons. The molecule has 5 aromatic carbocycles. The molecule has 0 fully saturated rings. The number of thiocarbonyl (C=S) groups is 1. The monoisotopic (exact) mass is 532 g/mol. The van der Waals surface area contributed by atoms with Crippen molar-refractivity contribution in [1.82, 2.24) is 9.80 Å². The number of thioether (sulfide) groups is 1. The molecular weight excluding hydrogens is 520 g/mol. The fraction of sp³-hybridized carbons (Fsp3) is 0.0714. The molecule has 10 heteroatoms. The van der Waals surface area contributed by atoms with Crippen LogP contribution in [0.1, 0.15) is 41.4 Å². The third kappa shape index (κ3) is 2.50. The summed E-state index contributed by atoms with van der Waals surface area (Å²) in [6, 6.07) is 10.1. The second-order valence-corrected chi connectivity index (χ2v) is 10.2. The molecule has 7 rings (SSSR count). The number of rotatable bonds is 2. The first-order valence-electron chi connectivity index (χ1n) is 11.4. The molecule has 0 atom stereocenters. The summed E-state index contributed by atoms with van der Waals surface area (Å²) in [7, 11) is 2.86. The van der Waals surface area contributed by atoms with Crippen LogP contribution in [-0.2, 0) is 0 Å². The predicted octanol–water partition coefficient (Wildman–Crippen LogP) is 5.50. The number of imide groups is 2. The maximum absolute atomic E-state index is 13.2. The number of aliphatic imine (C=N–C) groups is 1. The number of hydrogen-bond donors (Lipinski definition) is 0. The number of nitrogens with zero attached hydrogens (tertiary/aromatic N) is 4. The Morgan fingerprint density at radius 3 is 1.76 bits per heavy atom. The van der Waals surface area contributed by atoms with E-state index in [0.717, 1.165) is 21.6 Å². The molecule has 0 saturated heterocycles. The van der Waals surface area contributed by atoms with Crippen LogP contribution in [-0.4, -0.2) is 52.7 Å². The lowest BCUT2D eigenvalue weighted by atomic mass is 9.81. The SMILES string of the molecule is CN1C(=O)c2ccc3c4c(SC#N)cc5c6c(ccc(c7c(N=C=S)cc(c2c37)C1=O)c64)C(=O)N(C)C5=O. The standard InChI is InChI=1S/C28H12N4O4S2/c1-31-25(33)13-6-4-12-22-18(38-9-29)8-16-20-14(26(34)32(2)28(16)36)5-3-11(24(20)22)21-17(30-10-37)7-15(27(31)35)19(13)23(12)21/h3-8H,1-2H3. The molecule has 0 aromatic heterocycles. The van der Waals surface area contributed by atoms with Crippen LogP contribution >= 0.6 is 24.0 Å². The molecular formula is C28H12N4O4S2. The van der Waals surface area contributed by atoms with Crippen molar-refractivity contribution in [3.05, 3.63) is 58.7 Å². The Balaban J connectivity index is 1.86. The van der Waals surface area contributed by atoms with Crippen molar-refractivity contribution in [3.63, 3.8) is 0 Å². The first-order valence-corrected chi connectivity index (χ1v) is 12.6. The lowest BCUT2D eigenvalue weighted by molar-refractivity contribution is 0.0635. The van der Waals surface area contributed by atoms with Crippen molar-refractivity contribution in [3.8, 4) is 5.40 Å². The highest BCUT2D eigenvalue weighted by atomic mass is 32.2. The van der Waals surface area contributed by atoms with Gasteiger partial charge in [-0.05, 0) is 59.0 Å². The van der Waals surface area contributed by atoms with Gasteiger partial charge in [0.2, 0.25) is 0 Å². The van der Waals surface area contributed by atoms with E-state index in [9.17, 15) is 24.4 Å². The van der Waals surface area contributed by atoms with Gasteiger partial charge < -0.3 is 0 Å². The Labute approximate surface area is 223 Å². The number of hydrogen-bond acceptors (Lipinski definition) is 8. The molecule has 0 saturated carbocycles. The minimum absolute atomic E-state index is 0.308. The maximum atomic E-state index is 13.2. The highest BCUT2D eigenvalue weighted by Gasteiger charge is 2.36. The third-order valence-corrected chi connectivity index (χ3v) is 8.23. The van der Waals surface area contributed by atoms with Crippen molar-refractivity contribution < 1.29 is 19.2 Å². The average molecular weight is 533 g/mol. The summed E-state index contributed by atoms with van der Waals surface area (Å²) in [4.78, 5) is 59.7. The van der Waals surface area contributed by atoms with Crippen molar-refractivity contribution in [2.24, 2.45) is 4.99 Å². The van der Waals surface area contributed by atoms with Crippen LogP contribution in [0.3, 0.4) is 0 Å². The van der Waals surface area contributed by atoms with Crippen molar-refractivity contribution in [2.75, 3.05) is 14.1 Å². The predicted molar refractivity (Wildman–Crippen MR) is 147 cm³/mol. The van der Waals surface area contributed by atoms with E-state index in [0.29, 0.717) is 75.9 Å². The zero-order valence-corrected chi connectivity index (χ0v) is 21.3. The van der Waals surface area contributed by atoms with Crippen molar-refractivity contribution in [2.45, 2.75) is 4.90 Å². The quantitative estimate of drug-likeness (QED) is 0.0562. The van der Waals surface area contributed by atoms with Gasteiger partial charge in [0.05, 0.1) is 16.4 Å². The van der Waals surface area contributed by atoms with E-state index in [1.54, 1.807) is 36.4 Å². The lowest BCUT2D eigenvalue weighted by Crippen LogP contribution is -2.37. The largest absolute Gasteiger partial charge is 0.277 e. The molecule has 180 valence electrons. The number of carbonyl (C=O) groups excluding carboxylic acids is 4. The van der Waals surface area contributed by atoms with E-state index >= 15 is 0 Å². The second kappa shape index (κ2) is 7.43. The summed E-state index contributed by atoms with van der Waals surface area (Å²) in [6.07, 6.45) is 0. The van der Waals surface area contributed by atoms with E-state index in [-0.39, 0.29) is 0 Å². The van der Waals surface area contributed by atoms with E-state index in [4.69, 9.17) is 12.2 Å². The van der Waals surface area contributed by atoms with Crippen LogP contribution in [0.5, 0.6) is 0 Å². The fourth-order valence-electron chi connectivity index (χ4n) is 5.92. The molecule has 2 heterocycles. The third-order valence-electron chi connectivity index (χ3n) is 7.51. The molecule has 2 aliphatic rings. The Morgan fingerprint density at radius 1 is 0.711 bits per heavy atom. The molecule has 0 unspecified atom stereocenters. The maximum Gasteiger partial charge on any atom is 0.261 e. The topological polar surface area (TPSA) is 111 Å². The van der Waals surface area contributed by atoms with Gasteiger partial charge in [-0.2, -0.15) is 10.3 Å². The highest BCUT2D eigenvalue weighted by molar-refractivity contribution is 8.04. The number of benzene rings is 5. The Kier molecular flexibility index (Phi) is 4.40. The molecule has 5 aromatic rings. The summed E-state index contributed by atoms with van der Waals surface area (Å²) < 4.78 is 0. The van der Waals surface area contributed by atoms with Crippen LogP contribution in [0, 0.1) is 10.7 Å². The van der Waals surface area contributed by atoms with E-state index < -0.39 is 23.6 Å². The Bertz CT molecular complexity index is 2140. The molecule has 0 spiro atoms. The van der Waals surface area contributed by atoms with Gasteiger partial charge >= 0.3 is 0 Å². The normalized spacial score (nSPS) is 14.8. The minimum Gasteiger partial charge on any atom is -0.277 e.